The van der Waals surface area contributed by atoms with Crippen LogP contribution in [0.15, 0.2) is 67.0 Å². The largest absolute Gasteiger partial charge is 0.463 e. The van der Waals surface area contributed by atoms with Gasteiger partial charge in [0.2, 0.25) is 0 Å². The zero-order valence-electron chi connectivity index (χ0n) is 16.9. The Morgan fingerprint density at radius 2 is 1.83 bits per heavy atom. The average Bonchev–Trinajstić information content (AvgIpc) is 3.21. The van der Waals surface area contributed by atoms with E-state index in [1.54, 1.807) is 50.4 Å². The lowest BCUT2D eigenvalue weighted by Crippen LogP contribution is -2.31. The fourth-order valence-electron chi connectivity index (χ4n) is 3.06. The van der Waals surface area contributed by atoms with Gasteiger partial charge >= 0.3 is 5.97 Å². The summed E-state index contributed by atoms with van der Waals surface area (Å²) in [5.41, 5.74) is 2.19. The lowest BCUT2D eigenvalue weighted by molar-refractivity contribution is -0.147. The molecule has 7 heteroatoms. The molecule has 1 N–H and O–H groups in total. The van der Waals surface area contributed by atoms with Crippen LogP contribution in [-0.4, -0.2) is 27.8 Å². The number of nitrogens with zero attached hydrogens (tertiary/aromatic N) is 2. The fraction of sp³-hybridized carbons (Fsp3) is 0.261. The quantitative estimate of drug-likeness (QED) is 0.543. The van der Waals surface area contributed by atoms with Gasteiger partial charge < -0.3 is 10.1 Å². The van der Waals surface area contributed by atoms with Crippen LogP contribution in [-0.2, 0) is 16.1 Å². The Kier molecular flexibility index (Phi) is 7.25. The first-order chi connectivity index (χ1) is 14.4. The van der Waals surface area contributed by atoms with Crippen LogP contribution in [0.3, 0.4) is 0 Å². The summed E-state index contributed by atoms with van der Waals surface area (Å²) in [7, 11) is 0. The van der Waals surface area contributed by atoms with Crippen LogP contribution in [0.5, 0.6) is 0 Å². The molecule has 0 bridgehead atoms. The number of amides is 1. The highest BCUT2D eigenvalue weighted by Crippen LogP contribution is 2.26. The fourth-order valence-corrected chi connectivity index (χ4v) is 3.33. The highest BCUT2D eigenvalue weighted by molar-refractivity contribution is 6.31. The third-order valence-electron chi connectivity index (χ3n) is 4.44. The van der Waals surface area contributed by atoms with E-state index in [0.717, 1.165) is 5.56 Å². The molecule has 156 valence electrons. The van der Waals surface area contributed by atoms with Crippen LogP contribution in [0.1, 0.15) is 47.8 Å². The summed E-state index contributed by atoms with van der Waals surface area (Å²) in [5.74, 6) is -0.687. The second-order valence-corrected chi connectivity index (χ2v) is 7.60. The molecule has 0 unspecified atom stereocenters. The Bertz CT molecular complexity index is 985. The summed E-state index contributed by atoms with van der Waals surface area (Å²) in [5, 5.41) is 7.58. The third-order valence-corrected chi connectivity index (χ3v) is 4.79. The summed E-state index contributed by atoms with van der Waals surface area (Å²) in [6, 6.07) is 15.7. The van der Waals surface area contributed by atoms with Crippen molar-refractivity contribution >= 4 is 23.5 Å². The smallest absolute Gasteiger partial charge is 0.308 e. The molecule has 0 aliphatic carbocycles. The monoisotopic (exact) mass is 425 g/mol. The number of ether oxygens (including phenoxy) is 1. The molecule has 3 rings (SSSR count). The van der Waals surface area contributed by atoms with Gasteiger partial charge in [-0.05, 0) is 49.2 Å². The highest BCUT2D eigenvalue weighted by atomic mass is 35.5. The van der Waals surface area contributed by atoms with Gasteiger partial charge in [0.1, 0.15) is 0 Å². The Morgan fingerprint density at radius 1 is 1.10 bits per heavy atom. The zero-order chi connectivity index (χ0) is 21.5. The maximum atomic E-state index is 12.8. The van der Waals surface area contributed by atoms with E-state index in [1.807, 2.05) is 35.1 Å². The van der Waals surface area contributed by atoms with Crippen LogP contribution in [0.4, 0.5) is 0 Å². The lowest BCUT2D eigenvalue weighted by atomic mass is 10.0. The number of esters is 1. The van der Waals surface area contributed by atoms with Gasteiger partial charge in [0.05, 0.1) is 25.1 Å². The maximum absolute atomic E-state index is 12.8. The highest BCUT2D eigenvalue weighted by Gasteiger charge is 2.22. The molecule has 6 nitrogen and oxygen atoms in total. The first-order valence-corrected chi connectivity index (χ1v) is 10.1. The molecular formula is C23H24ClN3O3. The minimum absolute atomic E-state index is 0.00889. The number of carbonyl (C=O) groups is 2. The SMILES string of the molecule is CC(C)OC(=O)C[C@H](NC(=O)c1ccc(Cn2cccn2)cc1)c1ccccc1Cl. The first-order valence-electron chi connectivity index (χ1n) is 9.73. The maximum Gasteiger partial charge on any atom is 0.308 e. The van der Waals surface area contributed by atoms with E-state index in [4.69, 9.17) is 16.3 Å². The van der Waals surface area contributed by atoms with Gasteiger partial charge in [-0.15, -0.1) is 0 Å². The van der Waals surface area contributed by atoms with Crippen molar-refractivity contribution in [2.45, 2.75) is 39.0 Å². The van der Waals surface area contributed by atoms with Crippen molar-refractivity contribution in [3.8, 4) is 0 Å². The molecule has 1 amide bonds. The van der Waals surface area contributed by atoms with Crippen molar-refractivity contribution in [3.63, 3.8) is 0 Å². The molecule has 1 aromatic heterocycles. The van der Waals surface area contributed by atoms with Crippen molar-refractivity contribution in [2.24, 2.45) is 0 Å². The number of hydrogen-bond acceptors (Lipinski definition) is 4. The molecule has 0 saturated carbocycles. The Hall–Kier alpha value is -3.12. The first kappa shape index (κ1) is 21.6. The summed E-state index contributed by atoms with van der Waals surface area (Å²) in [6.45, 7) is 4.19. The number of rotatable bonds is 8. The number of hydrogen-bond donors (Lipinski definition) is 1. The molecule has 30 heavy (non-hydrogen) atoms. The average molecular weight is 426 g/mol. The minimum atomic E-state index is -0.596. The van der Waals surface area contributed by atoms with Gasteiger partial charge in [0, 0.05) is 23.0 Å². The number of aromatic nitrogens is 2. The molecule has 0 spiro atoms. The van der Waals surface area contributed by atoms with Crippen molar-refractivity contribution in [1.82, 2.24) is 15.1 Å². The van der Waals surface area contributed by atoms with Crippen molar-refractivity contribution in [2.75, 3.05) is 0 Å². The van der Waals surface area contributed by atoms with Crippen LogP contribution in [0, 0.1) is 0 Å². The van der Waals surface area contributed by atoms with Crippen molar-refractivity contribution in [3.05, 3.63) is 88.7 Å². The van der Waals surface area contributed by atoms with Crippen molar-refractivity contribution < 1.29 is 14.3 Å². The molecular weight excluding hydrogens is 402 g/mol. The predicted molar refractivity (Wildman–Crippen MR) is 115 cm³/mol. The van der Waals surface area contributed by atoms with Crippen LogP contribution in [0.2, 0.25) is 5.02 Å². The molecule has 1 heterocycles. The van der Waals surface area contributed by atoms with E-state index < -0.39 is 12.0 Å². The third kappa shape index (κ3) is 5.94. The van der Waals surface area contributed by atoms with Gasteiger partial charge in [0.25, 0.3) is 5.91 Å². The van der Waals surface area contributed by atoms with E-state index in [9.17, 15) is 9.59 Å². The minimum Gasteiger partial charge on any atom is -0.463 e. The summed E-state index contributed by atoms with van der Waals surface area (Å²) in [4.78, 5) is 25.1. The number of halogens is 1. The van der Waals surface area contributed by atoms with E-state index in [2.05, 4.69) is 10.4 Å². The number of benzene rings is 2. The lowest BCUT2D eigenvalue weighted by Gasteiger charge is -2.20. The standard InChI is InChI=1S/C23H24ClN3O3/c1-16(2)30-22(28)14-21(19-6-3-4-7-20(19)24)26-23(29)18-10-8-17(9-11-18)15-27-13-5-12-25-27/h3-13,16,21H,14-15H2,1-2H3,(H,26,29)/t21-/m0/s1. The Labute approximate surface area is 180 Å². The Balaban J connectivity index is 1.73. The molecule has 0 fully saturated rings. The van der Waals surface area contributed by atoms with E-state index in [0.29, 0.717) is 22.7 Å². The number of carbonyl (C=O) groups excluding carboxylic acids is 2. The van der Waals surface area contributed by atoms with Crippen LogP contribution in [0.25, 0.3) is 0 Å². The van der Waals surface area contributed by atoms with E-state index in [1.165, 1.54) is 0 Å². The molecule has 0 saturated heterocycles. The Morgan fingerprint density at radius 3 is 2.47 bits per heavy atom. The second-order valence-electron chi connectivity index (χ2n) is 7.19. The second kappa shape index (κ2) is 10.1. The van der Waals surface area contributed by atoms with Gasteiger partial charge in [0.15, 0.2) is 0 Å². The van der Waals surface area contributed by atoms with Gasteiger partial charge in [-0.3, -0.25) is 14.3 Å². The summed E-state index contributed by atoms with van der Waals surface area (Å²) >= 11 is 6.31. The normalized spacial score (nSPS) is 11.9. The molecule has 3 aromatic rings. The summed E-state index contributed by atoms with van der Waals surface area (Å²) in [6.07, 6.45) is 3.36. The predicted octanol–water partition coefficient (Wildman–Crippen LogP) is 4.40. The molecule has 0 aliphatic heterocycles. The zero-order valence-corrected chi connectivity index (χ0v) is 17.7. The molecule has 2 aromatic carbocycles. The van der Waals surface area contributed by atoms with Crippen LogP contribution >= 0.6 is 11.6 Å². The molecule has 0 aliphatic rings. The topological polar surface area (TPSA) is 73.2 Å². The van der Waals surface area contributed by atoms with E-state index in [-0.39, 0.29) is 18.4 Å². The van der Waals surface area contributed by atoms with Crippen LogP contribution < -0.4 is 5.32 Å². The molecule has 0 radical (unpaired) electrons. The van der Waals surface area contributed by atoms with Crippen molar-refractivity contribution in [1.29, 1.82) is 0 Å². The number of nitrogens with one attached hydrogen (secondary N) is 1. The van der Waals surface area contributed by atoms with Gasteiger partial charge in [-0.1, -0.05) is 41.9 Å². The van der Waals surface area contributed by atoms with Gasteiger partial charge in [-0.2, -0.15) is 5.10 Å². The summed E-state index contributed by atoms with van der Waals surface area (Å²) < 4.78 is 7.06. The van der Waals surface area contributed by atoms with Gasteiger partial charge in [-0.25, -0.2) is 0 Å². The molecule has 1 atom stereocenters. The van der Waals surface area contributed by atoms with E-state index >= 15 is 0 Å².